The van der Waals surface area contributed by atoms with Gasteiger partial charge in [0, 0.05) is 6.20 Å². The van der Waals surface area contributed by atoms with Crippen molar-refractivity contribution in [2.75, 3.05) is 12.3 Å². The van der Waals surface area contributed by atoms with Gasteiger partial charge in [-0.15, -0.1) is 11.6 Å². The van der Waals surface area contributed by atoms with E-state index in [1.807, 2.05) is 0 Å². The van der Waals surface area contributed by atoms with Gasteiger partial charge in [0.2, 0.25) is 0 Å². The van der Waals surface area contributed by atoms with Gasteiger partial charge in [0.05, 0.1) is 17.6 Å². The quantitative estimate of drug-likeness (QED) is 0.241. The molecule has 0 amide bonds. The summed E-state index contributed by atoms with van der Waals surface area (Å²) >= 11 is 6.35. The van der Waals surface area contributed by atoms with Crippen LogP contribution in [0, 0.1) is 0 Å². The highest BCUT2D eigenvalue weighted by atomic mass is 35.5. The van der Waals surface area contributed by atoms with Crippen molar-refractivity contribution >= 4 is 40.9 Å². The van der Waals surface area contributed by atoms with Crippen LogP contribution in [0.2, 0.25) is 0 Å². The zero-order chi connectivity index (χ0) is 22.3. The fourth-order valence-electron chi connectivity index (χ4n) is 2.46. The average molecular weight is 500 g/mol. The number of rotatable bonds is 8. The van der Waals surface area contributed by atoms with Crippen molar-refractivity contribution in [3.05, 3.63) is 22.7 Å². The molecule has 6 N–H and O–H groups in total. The van der Waals surface area contributed by atoms with Gasteiger partial charge in [-0.25, -0.2) is 18.5 Å². The van der Waals surface area contributed by atoms with Crippen LogP contribution in [0.25, 0.3) is 0 Å². The molecular formula is C10H17ClN3O12P3. The second-order valence-corrected chi connectivity index (χ2v) is 11.3. The lowest BCUT2D eigenvalue weighted by Crippen LogP contribution is -2.35. The number of ether oxygens (including phenoxy) is 1. The first-order valence-electron chi connectivity index (χ1n) is 7.47. The van der Waals surface area contributed by atoms with Crippen LogP contribution < -0.4 is 11.4 Å². The number of nitrogens with zero attached hydrogens (tertiary/aromatic N) is 2. The van der Waals surface area contributed by atoms with Crippen LogP contribution >= 0.6 is 35.1 Å². The third-order valence-corrected chi connectivity index (χ3v) is 7.55. The minimum Gasteiger partial charge on any atom is -0.383 e. The normalized spacial score (nSPS) is 29.3. The smallest absolute Gasteiger partial charge is 0.383 e. The van der Waals surface area contributed by atoms with Crippen LogP contribution in [0.5, 0.6) is 0 Å². The summed E-state index contributed by atoms with van der Waals surface area (Å²) in [4.78, 5) is 49.9. The molecule has 5 atom stereocenters. The van der Waals surface area contributed by atoms with Crippen LogP contribution in [-0.4, -0.2) is 46.7 Å². The third-order valence-electron chi connectivity index (χ3n) is 3.41. The molecule has 15 nitrogen and oxygen atoms in total. The van der Waals surface area contributed by atoms with E-state index in [1.54, 1.807) is 0 Å². The maximum atomic E-state index is 12.0. The Kier molecular flexibility index (Phi) is 7.18. The van der Waals surface area contributed by atoms with Crippen LogP contribution in [0.4, 0.5) is 5.82 Å². The van der Waals surface area contributed by atoms with E-state index in [9.17, 15) is 23.4 Å². The topological polar surface area (TPSA) is 230 Å². The lowest BCUT2D eigenvalue weighted by Gasteiger charge is -2.24. The number of hydrogen-bond donors (Lipinski definition) is 5. The maximum Gasteiger partial charge on any atom is 0.490 e. The van der Waals surface area contributed by atoms with Crippen LogP contribution in [0.15, 0.2) is 17.1 Å². The molecule has 4 unspecified atom stereocenters. The van der Waals surface area contributed by atoms with Crippen molar-refractivity contribution in [3.63, 3.8) is 0 Å². The monoisotopic (exact) mass is 499 g/mol. The standard InChI is InChI=1S/C10H17ClN3O12P3/c1-10(11)4-6(24-8(10)14-3-2-7(12)13-9(14)15)5-23-28(19,20)26-29(21,22)25-27(16,17)18/h2-3,6,8H,4-5H2,1H3,(H,19,20)(H,21,22)(H2,12,13,15)(H2,16,17,18)/t6?,8?,10-/m1/s1. The molecule has 1 aromatic rings. The third kappa shape index (κ3) is 7.21. The number of halogens is 1. The molecule has 2 heterocycles. The van der Waals surface area contributed by atoms with Gasteiger partial charge >= 0.3 is 29.2 Å². The highest BCUT2D eigenvalue weighted by Gasteiger charge is 2.47. The van der Waals surface area contributed by atoms with Crippen molar-refractivity contribution in [1.29, 1.82) is 0 Å². The summed E-state index contributed by atoms with van der Waals surface area (Å²) in [5.74, 6) is -0.0234. The number of phosphoric ester groups is 1. The second-order valence-electron chi connectivity index (χ2n) is 6.02. The molecular weight excluding hydrogens is 482 g/mol. The molecule has 2 rings (SSSR count). The van der Waals surface area contributed by atoms with Gasteiger partial charge in [-0.2, -0.15) is 13.6 Å². The minimum atomic E-state index is -5.63. The van der Waals surface area contributed by atoms with Crippen molar-refractivity contribution in [2.45, 2.75) is 30.6 Å². The fourth-order valence-corrected chi connectivity index (χ4v) is 5.83. The largest absolute Gasteiger partial charge is 0.490 e. The lowest BCUT2D eigenvalue weighted by atomic mass is 10.1. The predicted molar refractivity (Wildman–Crippen MR) is 95.5 cm³/mol. The summed E-state index contributed by atoms with van der Waals surface area (Å²) in [5, 5.41) is 0. The Labute approximate surface area is 167 Å². The summed E-state index contributed by atoms with van der Waals surface area (Å²) in [6.45, 7) is 0.826. The van der Waals surface area contributed by atoms with E-state index in [-0.39, 0.29) is 12.2 Å². The number of hydrogen-bond acceptors (Lipinski definition) is 10. The Morgan fingerprint density at radius 2 is 1.93 bits per heavy atom. The fraction of sp³-hybridized carbons (Fsp3) is 0.600. The van der Waals surface area contributed by atoms with Crippen molar-refractivity contribution in [1.82, 2.24) is 9.55 Å². The molecule has 0 saturated carbocycles. The first-order valence-corrected chi connectivity index (χ1v) is 12.4. The van der Waals surface area contributed by atoms with E-state index < -0.39 is 53.0 Å². The molecule has 166 valence electrons. The van der Waals surface area contributed by atoms with Gasteiger partial charge in [0.25, 0.3) is 0 Å². The number of nitrogens with two attached hydrogens (primary N) is 1. The highest BCUT2D eigenvalue weighted by Crippen LogP contribution is 2.66. The van der Waals surface area contributed by atoms with Gasteiger partial charge in [-0.1, -0.05) is 0 Å². The van der Waals surface area contributed by atoms with Gasteiger partial charge < -0.3 is 30.0 Å². The summed E-state index contributed by atoms with van der Waals surface area (Å²) in [6, 6.07) is 1.33. The summed E-state index contributed by atoms with van der Waals surface area (Å²) in [5.41, 5.74) is 4.66. The molecule has 19 heteroatoms. The molecule has 1 fully saturated rings. The highest BCUT2D eigenvalue weighted by molar-refractivity contribution is 7.66. The van der Waals surface area contributed by atoms with E-state index >= 15 is 0 Å². The van der Waals surface area contributed by atoms with E-state index in [4.69, 9.17) is 36.8 Å². The van der Waals surface area contributed by atoms with E-state index in [0.29, 0.717) is 0 Å². The van der Waals surface area contributed by atoms with Gasteiger partial charge in [-0.05, 0) is 19.4 Å². The molecule has 1 aliphatic heterocycles. The van der Waals surface area contributed by atoms with E-state index in [2.05, 4.69) is 18.1 Å². The van der Waals surface area contributed by atoms with Gasteiger partial charge in [-0.3, -0.25) is 9.09 Å². The molecule has 29 heavy (non-hydrogen) atoms. The Morgan fingerprint density at radius 1 is 1.31 bits per heavy atom. The number of phosphoric acid groups is 3. The molecule has 1 aromatic heterocycles. The van der Waals surface area contributed by atoms with Crippen molar-refractivity contribution < 1.29 is 51.2 Å². The molecule has 0 radical (unpaired) electrons. The first kappa shape index (κ1) is 24.6. The number of nitrogen functional groups attached to an aromatic ring is 1. The van der Waals surface area contributed by atoms with Gasteiger partial charge in [0.15, 0.2) is 6.23 Å². The molecule has 1 aliphatic rings. The summed E-state index contributed by atoms with van der Waals surface area (Å²) in [6.07, 6.45) is -0.733. The van der Waals surface area contributed by atoms with Crippen molar-refractivity contribution in [3.8, 4) is 0 Å². The zero-order valence-corrected chi connectivity index (χ0v) is 17.9. The SMILES string of the molecule is C[C@@]1(Cl)CC(COP(=O)(O)OP(=O)(O)OP(=O)(O)O)OC1n1ccc(N)nc1=O. The number of anilines is 1. The Morgan fingerprint density at radius 3 is 2.48 bits per heavy atom. The summed E-state index contributed by atoms with van der Waals surface area (Å²) < 4.78 is 51.9. The van der Waals surface area contributed by atoms with E-state index in [1.165, 1.54) is 19.2 Å². The van der Waals surface area contributed by atoms with Crippen LogP contribution in [0.1, 0.15) is 19.6 Å². The lowest BCUT2D eigenvalue weighted by molar-refractivity contribution is -0.0300. The number of alkyl halides is 1. The van der Waals surface area contributed by atoms with Crippen LogP contribution in [-0.2, 0) is 31.6 Å². The molecule has 0 bridgehead atoms. The maximum absolute atomic E-state index is 12.0. The molecule has 0 aliphatic carbocycles. The van der Waals surface area contributed by atoms with Crippen LogP contribution in [0.3, 0.4) is 0 Å². The molecule has 1 saturated heterocycles. The zero-order valence-electron chi connectivity index (χ0n) is 14.5. The molecule has 0 spiro atoms. The minimum absolute atomic E-state index is 0.00576. The average Bonchev–Trinajstić information content (AvgIpc) is 2.76. The predicted octanol–water partition coefficient (Wildman–Crippen LogP) is 0.454. The first-order chi connectivity index (χ1) is 13.0. The summed E-state index contributed by atoms with van der Waals surface area (Å²) in [7, 11) is -16.4. The van der Waals surface area contributed by atoms with Crippen molar-refractivity contribution in [2.24, 2.45) is 0 Å². The molecule has 0 aromatic carbocycles. The van der Waals surface area contributed by atoms with E-state index in [0.717, 1.165) is 4.57 Å². The van der Waals surface area contributed by atoms with Gasteiger partial charge in [0.1, 0.15) is 5.82 Å². The second kappa shape index (κ2) is 8.46. The Bertz CT molecular complexity index is 963. The Hall–Kier alpha value is -0.660. The number of aromatic nitrogens is 2. The Balaban J connectivity index is 2.04.